The summed E-state index contributed by atoms with van der Waals surface area (Å²) in [5.74, 6) is 0.618. The molecule has 1 fully saturated rings. The van der Waals surface area contributed by atoms with Crippen LogP contribution in [0.15, 0.2) is 28.1 Å². The van der Waals surface area contributed by atoms with Crippen LogP contribution in [0, 0.1) is 6.92 Å². The zero-order valence-corrected chi connectivity index (χ0v) is 13.2. The number of rotatable bonds is 3. The predicted molar refractivity (Wildman–Crippen MR) is 85.3 cm³/mol. The van der Waals surface area contributed by atoms with Crippen LogP contribution in [0.2, 0.25) is 0 Å². The Morgan fingerprint density at radius 1 is 1.55 bits per heavy atom. The molecular weight excluding hydrogens is 270 g/mol. The lowest BCUT2D eigenvalue weighted by atomic mass is 10.1. The van der Waals surface area contributed by atoms with Crippen molar-refractivity contribution in [1.82, 2.24) is 4.90 Å². The van der Waals surface area contributed by atoms with Gasteiger partial charge in [-0.05, 0) is 37.3 Å². The second-order valence-corrected chi connectivity index (χ2v) is 5.97. The summed E-state index contributed by atoms with van der Waals surface area (Å²) in [4.78, 5) is 7.92. The monoisotopic (exact) mass is 293 g/mol. The number of morpholine rings is 1. The van der Waals surface area contributed by atoms with E-state index in [0.717, 1.165) is 19.7 Å². The Bertz CT molecular complexity index is 490. The second-order valence-electron chi connectivity index (χ2n) is 5.12. The summed E-state index contributed by atoms with van der Waals surface area (Å²) in [7, 11) is 0. The first-order valence-corrected chi connectivity index (χ1v) is 8.12. The molecule has 1 aliphatic rings. The minimum absolute atomic E-state index is 0.221. The predicted octanol–water partition coefficient (Wildman–Crippen LogP) is 2.25. The fourth-order valence-electron chi connectivity index (χ4n) is 2.28. The van der Waals surface area contributed by atoms with Gasteiger partial charge in [0, 0.05) is 18.0 Å². The molecule has 0 spiro atoms. The van der Waals surface area contributed by atoms with Crippen LogP contribution in [0.25, 0.3) is 0 Å². The molecule has 2 N–H and O–H groups in total. The average Bonchev–Trinajstić information content (AvgIpc) is 2.45. The molecule has 5 heteroatoms. The van der Waals surface area contributed by atoms with E-state index in [1.807, 2.05) is 0 Å². The van der Waals surface area contributed by atoms with E-state index in [9.17, 15) is 0 Å². The number of aliphatic imine (C=N–C) groups is 1. The van der Waals surface area contributed by atoms with E-state index in [-0.39, 0.29) is 6.10 Å². The summed E-state index contributed by atoms with van der Waals surface area (Å²) >= 11 is 1.75. The molecule has 1 heterocycles. The largest absolute Gasteiger partial charge is 0.375 e. The number of guanidine groups is 1. The van der Waals surface area contributed by atoms with E-state index in [0.29, 0.717) is 12.5 Å². The summed E-state index contributed by atoms with van der Waals surface area (Å²) in [5.41, 5.74) is 8.60. The lowest BCUT2D eigenvalue weighted by Gasteiger charge is -2.31. The van der Waals surface area contributed by atoms with E-state index in [1.54, 1.807) is 11.8 Å². The molecule has 0 amide bonds. The number of hydrogen-bond acceptors (Lipinski definition) is 3. The molecule has 0 aliphatic carbocycles. The van der Waals surface area contributed by atoms with Crippen molar-refractivity contribution in [3.8, 4) is 0 Å². The van der Waals surface area contributed by atoms with Gasteiger partial charge in [-0.15, -0.1) is 11.8 Å². The van der Waals surface area contributed by atoms with Gasteiger partial charge in [0.1, 0.15) is 0 Å². The normalized spacial score (nSPS) is 20.2. The van der Waals surface area contributed by atoms with Crippen LogP contribution in [0.4, 0.5) is 0 Å². The molecule has 0 aromatic heterocycles. The van der Waals surface area contributed by atoms with Crippen molar-refractivity contribution >= 4 is 17.7 Å². The minimum Gasteiger partial charge on any atom is -0.375 e. The van der Waals surface area contributed by atoms with E-state index in [4.69, 9.17) is 10.5 Å². The van der Waals surface area contributed by atoms with Gasteiger partial charge in [-0.1, -0.05) is 12.1 Å². The van der Waals surface area contributed by atoms with Crippen LogP contribution < -0.4 is 5.73 Å². The number of aryl methyl sites for hydroxylation is 1. The molecule has 1 saturated heterocycles. The topological polar surface area (TPSA) is 50.8 Å². The maximum Gasteiger partial charge on any atom is 0.191 e. The number of thioether (sulfide) groups is 1. The maximum absolute atomic E-state index is 6.09. The molecule has 1 atom stereocenters. The van der Waals surface area contributed by atoms with Crippen LogP contribution in [0.5, 0.6) is 0 Å². The number of ether oxygens (including phenoxy) is 1. The zero-order valence-electron chi connectivity index (χ0n) is 12.4. The fourth-order valence-corrected chi connectivity index (χ4v) is 2.97. The van der Waals surface area contributed by atoms with Crippen molar-refractivity contribution in [2.45, 2.75) is 31.4 Å². The van der Waals surface area contributed by atoms with Gasteiger partial charge in [0.25, 0.3) is 0 Å². The Hall–Kier alpha value is -1.20. The molecule has 0 bridgehead atoms. The third-order valence-electron chi connectivity index (χ3n) is 3.42. The van der Waals surface area contributed by atoms with Crippen molar-refractivity contribution in [3.63, 3.8) is 0 Å². The van der Waals surface area contributed by atoms with Crippen molar-refractivity contribution in [1.29, 1.82) is 0 Å². The summed E-state index contributed by atoms with van der Waals surface area (Å²) in [5, 5.41) is 0. The average molecular weight is 293 g/mol. The summed E-state index contributed by atoms with van der Waals surface area (Å²) in [6.07, 6.45) is 2.31. The standard InChI is InChI=1S/C15H23N3OS/c1-11-4-5-13(14(8-11)20-3)9-17-15(16)18-6-7-19-12(2)10-18/h4-5,8,12H,6-7,9-10H2,1-3H3,(H2,16,17). The summed E-state index contributed by atoms with van der Waals surface area (Å²) in [6.45, 7) is 7.16. The lowest BCUT2D eigenvalue weighted by Crippen LogP contribution is -2.47. The molecule has 1 aromatic carbocycles. The van der Waals surface area contributed by atoms with Gasteiger partial charge < -0.3 is 15.4 Å². The molecule has 4 nitrogen and oxygen atoms in total. The molecule has 0 radical (unpaired) electrons. The first kappa shape index (κ1) is 15.2. The molecule has 1 aromatic rings. The molecule has 1 unspecified atom stereocenters. The number of nitrogens with zero attached hydrogens (tertiary/aromatic N) is 2. The van der Waals surface area contributed by atoms with Crippen molar-refractivity contribution in [3.05, 3.63) is 29.3 Å². The van der Waals surface area contributed by atoms with Gasteiger partial charge in [-0.3, -0.25) is 0 Å². The molecule has 110 valence electrons. The van der Waals surface area contributed by atoms with Gasteiger partial charge >= 0.3 is 0 Å². The van der Waals surface area contributed by atoms with Gasteiger partial charge in [-0.25, -0.2) is 4.99 Å². The highest BCUT2D eigenvalue weighted by molar-refractivity contribution is 7.98. The van der Waals surface area contributed by atoms with Crippen LogP contribution in [0.3, 0.4) is 0 Å². The number of benzene rings is 1. The fraction of sp³-hybridized carbons (Fsp3) is 0.533. The molecule has 20 heavy (non-hydrogen) atoms. The Balaban J connectivity index is 2.04. The van der Waals surface area contributed by atoms with Crippen molar-refractivity contribution in [2.24, 2.45) is 10.7 Å². The Kier molecular flexibility index (Phi) is 5.31. The molecule has 2 rings (SSSR count). The van der Waals surface area contributed by atoms with Crippen LogP contribution in [-0.2, 0) is 11.3 Å². The third kappa shape index (κ3) is 3.90. The van der Waals surface area contributed by atoms with E-state index >= 15 is 0 Å². The Morgan fingerprint density at radius 3 is 3.05 bits per heavy atom. The Morgan fingerprint density at radius 2 is 2.35 bits per heavy atom. The SMILES string of the molecule is CSc1cc(C)ccc1CN=C(N)N1CCOC(C)C1. The molecule has 1 aliphatic heterocycles. The van der Waals surface area contributed by atoms with Crippen molar-refractivity contribution in [2.75, 3.05) is 26.0 Å². The van der Waals surface area contributed by atoms with E-state index < -0.39 is 0 Å². The first-order chi connectivity index (χ1) is 9.60. The van der Waals surface area contributed by atoms with Gasteiger partial charge in [0.15, 0.2) is 5.96 Å². The van der Waals surface area contributed by atoms with Crippen LogP contribution >= 0.6 is 11.8 Å². The maximum atomic E-state index is 6.09. The number of nitrogens with two attached hydrogens (primary N) is 1. The lowest BCUT2D eigenvalue weighted by molar-refractivity contribution is 0.00528. The first-order valence-electron chi connectivity index (χ1n) is 6.90. The van der Waals surface area contributed by atoms with Gasteiger partial charge in [0.05, 0.1) is 19.3 Å². The highest BCUT2D eigenvalue weighted by Gasteiger charge is 2.17. The highest BCUT2D eigenvalue weighted by atomic mass is 32.2. The quantitative estimate of drug-likeness (QED) is 0.527. The highest BCUT2D eigenvalue weighted by Crippen LogP contribution is 2.22. The second kappa shape index (κ2) is 6.99. The van der Waals surface area contributed by atoms with Crippen LogP contribution in [-0.4, -0.2) is 42.9 Å². The molecule has 0 saturated carbocycles. The Labute approximate surface area is 125 Å². The summed E-state index contributed by atoms with van der Waals surface area (Å²) in [6, 6.07) is 6.46. The van der Waals surface area contributed by atoms with Crippen molar-refractivity contribution < 1.29 is 4.74 Å². The van der Waals surface area contributed by atoms with Crippen LogP contribution in [0.1, 0.15) is 18.1 Å². The number of hydrogen-bond donors (Lipinski definition) is 1. The van der Waals surface area contributed by atoms with E-state index in [1.165, 1.54) is 16.0 Å². The van der Waals surface area contributed by atoms with E-state index in [2.05, 4.69) is 48.2 Å². The zero-order chi connectivity index (χ0) is 14.5. The minimum atomic E-state index is 0.221. The molecular formula is C15H23N3OS. The third-order valence-corrected chi connectivity index (χ3v) is 4.24. The van der Waals surface area contributed by atoms with Gasteiger partial charge in [-0.2, -0.15) is 0 Å². The van der Waals surface area contributed by atoms with Gasteiger partial charge in [0.2, 0.25) is 0 Å². The summed E-state index contributed by atoms with van der Waals surface area (Å²) < 4.78 is 5.52. The smallest absolute Gasteiger partial charge is 0.191 e.